The SMILES string of the molecule is CC(=N/O)/C(C)=N\NS(=O)(=O)c1ccc(C)cc1. The number of oxime groups is 1. The Hall–Kier alpha value is -1.89. The van der Waals surface area contributed by atoms with Crippen molar-refractivity contribution in [3.63, 3.8) is 0 Å². The van der Waals surface area contributed by atoms with Crippen LogP contribution in [0.25, 0.3) is 0 Å². The van der Waals surface area contributed by atoms with Crippen LogP contribution in [0.1, 0.15) is 19.4 Å². The Morgan fingerprint density at radius 3 is 2.22 bits per heavy atom. The van der Waals surface area contributed by atoms with E-state index in [1.165, 1.54) is 26.0 Å². The van der Waals surface area contributed by atoms with Crippen LogP contribution in [0.3, 0.4) is 0 Å². The minimum Gasteiger partial charge on any atom is -0.411 e. The van der Waals surface area contributed by atoms with E-state index in [0.717, 1.165) is 5.56 Å². The number of benzene rings is 1. The molecule has 0 heterocycles. The molecular weight excluding hydrogens is 254 g/mol. The molecule has 18 heavy (non-hydrogen) atoms. The van der Waals surface area contributed by atoms with E-state index in [0.29, 0.717) is 0 Å². The Bertz CT molecular complexity index is 574. The normalized spacial score (nSPS) is 13.5. The molecule has 0 saturated heterocycles. The van der Waals surface area contributed by atoms with Crippen molar-refractivity contribution in [1.29, 1.82) is 0 Å². The van der Waals surface area contributed by atoms with E-state index in [9.17, 15) is 8.42 Å². The molecule has 2 N–H and O–H groups in total. The Kier molecular flexibility index (Phi) is 4.43. The van der Waals surface area contributed by atoms with Gasteiger partial charge in [-0.3, -0.25) is 0 Å². The molecule has 0 radical (unpaired) electrons. The second kappa shape index (κ2) is 5.63. The summed E-state index contributed by atoms with van der Waals surface area (Å²) >= 11 is 0. The first kappa shape index (κ1) is 14.2. The number of hydrogen-bond acceptors (Lipinski definition) is 5. The van der Waals surface area contributed by atoms with Gasteiger partial charge in [0.1, 0.15) is 0 Å². The third-order valence-corrected chi connectivity index (χ3v) is 3.56. The van der Waals surface area contributed by atoms with Crippen molar-refractivity contribution in [1.82, 2.24) is 4.83 Å². The van der Waals surface area contributed by atoms with Crippen LogP contribution >= 0.6 is 0 Å². The largest absolute Gasteiger partial charge is 0.411 e. The summed E-state index contributed by atoms with van der Waals surface area (Å²) < 4.78 is 23.7. The number of aryl methyl sites for hydroxylation is 1. The number of nitrogens with one attached hydrogen (secondary N) is 1. The second-order valence-electron chi connectivity index (χ2n) is 3.79. The molecule has 1 rings (SSSR count). The summed E-state index contributed by atoms with van der Waals surface area (Å²) in [5.41, 5.74) is 1.49. The molecule has 6 nitrogen and oxygen atoms in total. The monoisotopic (exact) mass is 269 g/mol. The molecule has 0 amide bonds. The van der Waals surface area contributed by atoms with E-state index in [4.69, 9.17) is 5.21 Å². The van der Waals surface area contributed by atoms with Gasteiger partial charge in [0.2, 0.25) is 0 Å². The maximum Gasteiger partial charge on any atom is 0.276 e. The summed E-state index contributed by atoms with van der Waals surface area (Å²) in [4.78, 5) is 2.21. The summed E-state index contributed by atoms with van der Waals surface area (Å²) in [7, 11) is -3.69. The lowest BCUT2D eigenvalue weighted by atomic mass is 10.2. The standard InChI is InChI=1S/C11H15N3O3S/c1-8-4-6-11(7-5-8)18(16,17)14-12-9(2)10(3)13-15/h4-7,14-15H,1-3H3/b12-9-,13-10-. The van der Waals surface area contributed by atoms with Crippen molar-refractivity contribution < 1.29 is 13.6 Å². The predicted octanol–water partition coefficient (Wildman–Crippen LogP) is 1.50. The summed E-state index contributed by atoms with van der Waals surface area (Å²) in [6, 6.07) is 6.39. The lowest BCUT2D eigenvalue weighted by molar-refractivity contribution is 0.320. The van der Waals surface area contributed by atoms with Gasteiger partial charge in [-0.05, 0) is 32.9 Å². The first-order valence-corrected chi connectivity index (χ1v) is 6.67. The van der Waals surface area contributed by atoms with Gasteiger partial charge in [-0.2, -0.15) is 18.4 Å². The van der Waals surface area contributed by atoms with Crippen LogP contribution in [0, 0.1) is 6.92 Å². The summed E-state index contributed by atoms with van der Waals surface area (Å²) in [5.74, 6) is 0. The van der Waals surface area contributed by atoms with Crippen LogP contribution in [0.4, 0.5) is 0 Å². The van der Waals surface area contributed by atoms with E-state index >= 15 is 0 Å². The minimum atomic E-state index is -3.69. The highest BCUT2D eigenvalue weighted by molar-refractivity contribution is 7.89. The van der Waals surface area contributed by atoms with Crippen LogP contribution < -0.4 is 4.83 Å². The lowest BCUT2D eigenvalue weighted by Gasteiger charge is -2.04. The second-order valence-corrected chi connectivity index (χ2v) is 5.45. The highest BCUT2D eigenvalue weighted by atomic mass is 32.2. The Labute approximate surface area is 106 Å². The summed E-state index contributed by atoms with van der Waals surface area (Å²) in [6.07, 6.45) is 0. The van der Waals surface area contributed by atoms with Crippen LogP contribution in [-0.4, -0.2) is 25.0 Å². The first-order chi connectivity index (χ1) is 8.36. The molecule has 1 aromatic rings. The molecule has 0 unspecified atom stereocenters. The fourth-order valence-corrected chi connectivity index (χ4v) is 1.91. The molecule has 0 aliphatic rings. The number of nitrogens with zero attached hydrogens (tertiary/aromatic N) is 2. The Balaban J connectivity index is 2.93. The zero-order chi connectivity index (χ0) is 13.8. The number of hydrazone groups is 1. The van der Waals surface area contributed by atoms with Gasteiger partial charge in [-0.25, -0.2) is 0 Å². The molecule has 0 saturated carbocycles. The van der Waals surface area contributed by atoms with Crippen molar-refractivity contribution in [2.45, 2.75) is 25.7 Å². The van der Waals surface area contributed by atoms with Gasteiger partial charge in [0.05, 0.1) is 16.3 Å². The zero-order valence-electron chi connectivity index (χ0n) is 10.4. The first-order valence-electron chi connectivity index (χ1n) is 5.18. The highest BCUT2D eigenvalue weighted by Gasteiger charge is 2.12. The molecule has 0 spiro atoms. The topological polar surface area (TPSA) is 91.1 Å². The zero-order valence-corrected chi connectivity index (χ0v) is 11.2. The van der Waals surface area contributed by atoms with Crippen molar-refractivity contribution in [3.05, 3.63) is 29.8 Å². The van der Waals surface area contributed by atoms with E-state index in [-0.39, 0.29) is 16.3 Å². The van der Waals surface area contributed by atoms with Crippen molar-refractivity contribution in [2.75, 3.05) is 0 Å². The fourth-order valence-electron chi connectivity index (χ4n) is 1.05. The van der Waals surface area contributed by atoms with Gasteiger partial charge in [0, 0.05) is 0 Å². The Morgan fingerprint density at radius 2 is 1.72 bits per heavy atom. The van der Waals surface area contributed by atoms with E-state index in [2.05, 4.69) is 15.1 Å². The highest BCUT2D eigenvalue weighted by Crippen LogP contribution is 2.09. The van der Waals surface area contributed by atoms with E-state index < -0.39 is 10.0 Å². The molecule has 0 fully saturated rings. The van der Waals surface area contributed by atoms with Crippen LogP contribution in [0.2, 0.25) is 0 Å². The average molecular weight is 269 g/mol. The van der Waals surface area contributed by atoms with Gasteiger partial charge in [0.25, 0.3) is 10.0 Å². The number of rotatable bonds is 4. The Morgan fingerprint density at radius 1 is 1.17 bits per heavy atom. The van der Waals surface area contributed by atoms with Crippen molar-refractivity contribution in [3.8, 4) is 0 Å². The smallest absolute Gasteiger partial charge is 0.276 e. The van der Waals surface area contributed by atoms with Gasteiger partial charge in [-0.1, -0.05) is 22.9 Å². The molecule has 0 aliphatic heterocycles. The summed E-state index contributed by atoms with van der Waals surface area (Å²) in [6.45, 7) is 4.92. The molecular formula is C11H15N3O3S. The minimum absolute atomic E-state index is 0.128. The van der Waals surface area contributed by atoms with Gasteiger partial charge < -0.3 is 5.21 Å². The van der Waals surface area contributed by atoms with Gasteiger partial charge in [-0.15, -0.1) is 0 Å². The molecule has 0 bridgehead atoms. The van der Waals surface area contributed by atoms with Gasteiger partial charge >= 0.3 is 0 Å². The number of hydrogen-bond donors (Lipinski definition) is 2. The third-order valence-electron chi connectivity index (χ3n) is 2.34. The van der Waals surface area contributed by atoms with Crippen LogP contribution in [-0.2, 0) is 10.0 Å². The van der Waals surface area contributed by atoms with Crippen LogP contribution in [0.5, 0.6) is 0 Å². The maximum atomic E-state index is 11.8. The van der Waals surface area contributed by atoms with Crippen LogP contribution in [0.15, 0.2) is 39.4 Å². The number of sulfonamides is 1. The van der Waals surface area contributed by atoms with Crippen molar-refractivity contribution in [2.24, 2.45) is 10.3 Å². The van der Waals surface area contributed by atoms with E-state index in [1.54, 1.807) is 12.1 Å². The lowest BCUT2D eigenvalue weighted by Crippen LogP contribution is -2.21. The molecule has 98 valence electrons. The molecule has 7 heteroatoms. The van der Waals surface area contributed by atoms with Crippen molar-refractivity contribution >= 4 is 21.4 Å². The molecule has 0 aromatic heterocycles. The quantitative estimate of drug-likeness (QED) is 0.493. The average Bonchev–Trinajstić information content (AvgIpc) is 2.35. The van der Waals surface area contributed by atoms with E-state index in [1.807, 2.05) is 6.92 Å². The molecule has 0 aliphatic carbocycles. The fraction of sp³-hybridized carbons (Fsp3) is 0.273. The van der Waals surface area contributed by atoms with Gasteiger partial charge in [0.15, 0.2) is 0 Å². The predicted molar refractivity (Wildman–Crippen MR) is 69.5 cm³/mol. The maximum absolute atomic E-state index is 11.8. The third kappa shape index (κ3) is 3.56. The molecule has 1 aromatic carbocycles. The molecule has 0 atom stereocenters. The summed E-state index contributed by atoms with van der Waals surface area (Å²) in [5, 5.41) is 15.1.